The zero-order chi connectivity index (χ0) is 14.5. The van der Waals surface area contributed by atoms with E-state index in [-0.39, 0.29) is 6.04 Å². The summed E-state index contributed by atoms with van der Waals surface area (Å²) in [7, 11) is 0. The highest BCUT2D eigenvalue weighted by Gasteiger charge is 2.11. The molecule has 2 aromatic carbocycles. The first-order valence-electron chi connectivity index (χ1n) is 6.25. The topological polar surface area (TPSA) is 35.8 Å². The van der Waals surface area contributed by atoms with Gasteiger partial charge >= 0.3 is 0 Å². The molecule has 0 aromatic heterocycles. The number of rotatable bonds is 4. The number of benzene rings is 2. The van der Waals surface area contributed by atoms with Crippen LogP contribution in [-0.2, 0) is 0 Å². The van der Waals surface area contributed by atoms with Gasteiger partial charge in [-0.25, -0.2) is 0 Å². The molecular weight excluding hydrogens is 288 g/mol. The summed E-state index contributed by atoms with van der Waals surface area (Å²) in [5.74, 6) is 0. The number of halogens is 1. The van der Waals surface area contributed by atoms with Gasteiger partial charge in [0.05, 0.1) is 11.3 Å². The monoisotopic (exact) mass is 302 g/mol. The Balaban J connectivity index is 2.26. The van der Waals surface area contributed by atoms with E-state index in [0.29, 0.717) is 5.56 Å². The molecule has 20 heavy (non-hydrogen) atoms. The van der Waals surface area contributed by atoms with E-state index in [1.807, 2.05) is 48.7 Å². The molecule has 0 saturated carbocycles. The van der Waals surface area contributed by atoms with Gasteiger partial charge < -0.3 is 5.32 Å². The van der Waals surface area contributed by atoms with Gasteiger partial charge in [-0.3, -0.25) is 0 Å². The smallest absolute Gasteiger partial charge is 0.102 e. The number of nitriles is 1. The van der Waals surface area contributed by atoms with Crippen molar-refractivity contribution in [2.24, 2.45) is 0 Å². The average molecular weight is 303 g/mol. The van der Waals surface area contributed by atoms with Crippen LogP contribution in [0.1, 0.15) is 24.1 Å². The van der Waals surface area contributed by atoms with Crippen molar-refractivity contribution >= 4 is 29.1 Å². The zero-order valence-electron chi connectivity index (χ0n) is 11.4. The first kappa shape index (κ1) is 14.8. The second kappa shape index (κ2) is 6.69. The van der Waals surface area contributed by atoms with E-state index in [9.17, 15) is 5.26 Å². The number of anilines is 1. The summed E-state index contributed by atoms with van der Waals surface area (Å²) in [5.41, 5.74) is 2.69. The third-order valence-corrected chi connectivity index (χ3v) is 4.13. The Kier molecular flexibility index (Phi) is 4.94. The quantitative estimate of drug-likeness (QED) is 0.797. The highest BCUT2D eigenvalue weighted by atomic mass is 35.5. The predicted molar refractivity (Wildman–Crippen MR) is 86.4 cm³/mol. The van der Waals surface area contributed by atoms with Crippen molar-refractivity contribution in [2.45, 2.75) is 17.9 Å². The van der Waals surface area contributed by atoms with E-state index in [2.05, 4.69) is 18.3 Å². The first-order valence-corrected chi connectivity index (χ1v) is 7.85. The largest absolute Gasteiger partial charge is 0.377 e. The van der Waals surface area contributed by atoms with E-state index in [1.54, 1.807) is 11.8 Å². The number of nitrogens with zero attached hydrogens (tertiary/aromatic N) is 1. The SMILES string of the molecule is CSc1cccc(NC(C)c2ccc(Cl)cc2)c1C#N. The maximum absolute atomic E-state index is 9.33. The molecule has 1 unspecified atom stereocenters. The molecule has 2 rings (SSSR count). The molecule has 0 spiro atoms. The maximum Gasteiger partial charge on any atom is 0.102 e. The molecule has 102 valence electrons. The molecule has 0 bridgehead atoms. The lowest BCUT2D eigenvalue weighted by molar-refractivity contribution is 0.883. The normalized spacial score (nSPS) is 11.7. The minimum Gasteiger partial charge on any atom is -0.377 e. The van der Waals surface area contributed by atoms with Crippen molar-refractivity contribution < 1.29 is 0 Å². The van der Waals surface area contributed by atoms with Crippen molar-refractivity contribution in [3.8, 4) is 6.07 Å². The summed E-state index contributed by atoms with van der Waals surface area (Å²) in [4.78, 5) is 0.987. The zero-order valence-corrected chi connectivity index (χ0v) is 12.9. The van der Waals surface area contributed by atoms with Gasteiger partial charge in [0.1, 0.15) is 6.07 Å². The maximum atomic E-state index is 9.33. The van der Waals surface area contributed by atoms with Crippen LogP contribution in [0.5, 0.6) is 0 Å². The molecule has 0 aliphatic rings. The Hall–Kier alpha value is -1.63. The predicted octanol–water partition coefficient (Wildman–Crippen LogP) is 5.11. The second-order valence-corrected chi connectivity index (χ2v) is 5.70. The molecule has 0 aliphatic heterocycles. The molecule has 2 nitrogen and oxygen atoms in total. The van der Waals surface area contributed by atoms with E-state index in [4.69, 9.17) is 11.6 Å². The molecule has 0 saturated heterocycles. The number of nitrogens with one attached hydrogen (secondary N) is 1. The molecule has 1 atom stereocenters. The van der Waals surface area contributed by atoms with Crippen LogP contribution in [0.2, 0.25) is 5.02 Å². The molecule has 0 aliphatic carbocycles. The van der Waals surface area contributed by atoms with Crippen LogP contribution in [0.25, 0.3) is 0 Å². The molecule has 0 heterocycles. The number of hydrogen-bond donors (Lipinski definition) is 1. The molecule has 1 N–H and O–H groups in total. The van der Waals surface area contributed by atoms with Crippen LogP contribution in [-0.4, -0.2) is 6.26 Å². The van der Waals surface area contributed by atoms with Gasteiger partial charge in [-0.05, 0) is 43.0 Å². The van der Waals surface area contributed by atoms with Crippen LogP contribution in [0.4, 0.5) is 5.69 Å². The van der Waals surface area contributed by atoms with Crippen molar-refractivity contribution in [1.82, 2.24) is 0 Å². The van der Waals surface area contributed by atoms with Crippen LogP contribution < -0.4 is 5.32 Å². The summed E-state index contributed by atoms with van der Waals surface area (Å²) in [6.45, 7) is 2.07. The molecule has 2 aromatic rings. The van der Waals surface area contributed by atoms with Gasteiger partial charge in [0.2, 0.25) is 0 Å². The fourth-order valence-corrected chi connectivity index (χ4v) is 2.71. The van der Waals surface area contributed by atoms with Crippen molar-refractivity contribution in [3.63, 3.8) is 0 Å². The van der Waals surface area contributed by atoms with Gasteiger partial charge in [-0.1, -0.05) is 29.8 Å². The number of thioether (sulfide) groups is 1. The van der Waals surface area contributed by atoms with E-state index in [1.165, 1.54) is 0 Å². The molecule has 0 amide bonds. The standard InChI is InChI=1S/C16H15ClN2S/c1-11(12-6-8-13(17)9-7-12)19-15-4-3-5-16(20-2)14(15)10-18/h3-9,11,19H,1-2H3. The minimum atomic E-state index is 0.108. The molecule has 0 radical (unpaired) electrons. The van der Waals surface area contributed by atoms with E-state index < -0.39 is 0 Å². The summed E-state index contributed by atoms with van der Waals surface area (Å²) in [6.07, 6.45) is 1.97. The Morgan fingerprint density at radius 3 is 2.50 bits per heavy atom. The number of hydrogen-bond acceptors (Lipinski definition) is 3. The third-order valence-electron chi connectivity index (χ3n) is 3.10. The molecular formula is C16H15ClN2S. The van der Waals surface area contributed by atoms with Crippen LogP contribution in [0.15, 0.2) is 47.4 Å². The minimum absolute atomic E-state index is 0.108. The summed E-state index contributed by atoms with van der Waals surface area (Å²) in [5, 5.41) is 13.4. The van der Waals surface area contributed by atoms with Crippen molar-refractivity contribution in [3.05, 3.63) is 58.6 Å². The highest BCUT2D eigenvalue weighted by Crippen LogP contribution is 2.29. The fourth-order valence-electron chi connectivity index (χ4n) is 2.00. The molecule has 4 heteroatoms. The van der Waals surface area contributed by atoms with Gasteiger partial charge in [0.15, 0.2) is 0 Å². The van der Waals surface area contributed by atoms with Gasteiger partial charge in [-0.15, -0.1) is 11.8 Å². The van der Waals surface area contributed by atoms with Gasteiger partial charge in [0, 0.05) is 16.0 Å². The van der Waals surface area contributed by atoms with E-state index in [0.717, 1.165) is 21.2 Å². The van der Waals surface area contributed by atoms with Crippen LogP contribution >= 0.6 is 23.4 Å². The average Bonchev–Trinajstić information content (AvgIpc) is 2.47. The summed E-state index contributed by atoms with van der Waals surface area (Å²) in [6, 6.07) is 16.0. The Labute approximate surface area is 128 Å². The second-order valence-electron chi connectivity index (χ2n) is 4.41. The van der Waals surface area contributed by atoms with Crippen molar-refractivity contribution in [2.75, 3.05) is 11.6 Å². The third kappa shape index (κ3) is 3.27. The summed E-state index contributed by atoms with van der Waals surface area (Å²) < 4.78 is 0. The van der Waals surface area contributed by atoms with Crippen molar-refractivity contribution in [1.29, 1.82) is 5.26 Å². The van der Waals surface area contributed by atoms with Crippen LogP contribution in [0, 0.1) is 11.3 Å². The Morgan fingerprint density at radius 1 is 1.20 bits per heavy atom. The fraction of sp³-hybridized carbons (Fsp3) is 0.188. The van der Waals surface area contributed by atoms with Gasteiger partial charge in [0.25, 0.3) is 0 Å². The summed E-state index contributed by atoms with van der Waals surface area (Å²) >= 11 is 7.48. The Morgan fingerprint density at radius 2 is 1.90 bits per heavy atom. The molecule has 0 fully saturated rings. The van der Waals surface area contributed by atoms with Crippen LogP contribution in [0.3, 0.4) is 0 Å². The highest BCUT2D eigenvalue weighted by molar-refractivity contribution is 7.98. The lowest BCUT2D eigenvalue weighted by Gasteiger charge is -2.17. The lowest BCUT2D eigenvalue weighted by atomic mass is 10.1. The lowest BCUT2D eigenvalue weighted by Crippen LogP contribution is -2.08. The van der Waals surface area contributed by atoms with Gasteiger partial charge in [-0.2, -0.15) is 5.26 Å². The van der Waals surface area contributed by atoms with E-state index >= 15 is 0 Å². The first-order chi connectivity index (χ1) is 9.65. The Bertz CT molecular complexity index is 632.